The molecule has 0 aliphatic heterocycles. The van der Waals surface area contributed by atoms with Gasteiger partial charge in [-0.3, -0.25) is 0 Å². The number of hydrogen-bond donors (Lipinski definition) is 3. The van der Waals surface area contributed by atoms with Crippen LogP contribution in [0.3, 0.4) is 0 Å². The summed E-state index contributed by atoms with van der Waals surface area (Å²) in [7, 11) is 0. The van der Waals surface area contributed by atoms with Crippen molar-refractivity contribution >= 4 is 21.8 Å². The van der Waals surface area contributed by atoms with Gasteiger partial charge in [-0.15, -0.1) is 0 Å². The Hall–Kier alpha value is -3.02. The minimum Gasteiger partial charge on any atom is -0.492 e. The normalized spacial score (nSPS) is 12.3. The SMILES string of the molecule is Cc1ccc(OCCNCC(O)COc2cccc3[nH]c4ccccc4c23)cc1. The van der Waals surface area contributed by atoms with E-state index in [1.807, 2.05) is 61.5 Å². The van der Waals surface area contributed by atoms with Crippen LogP contribution < -0.4 is 14.8 Å². The second-order valence-electron chi connectivity index (χ2n) is 7.18. The molecule has 0 aliphatic carbocycles. The quantitative estimate of drug-likeness (QED) is 0.378. The highest BCUT2D eigenvalue weighted by Crippen LogP contribution is 2.32. The number of benzene rings is 3. The second kappa shape index (κ2) is 8.99. The van der Waals surface area contributed by atoms with Crippen molar-refractivity contribution in [2.45, 2.75) is 13.0 Å². The van der Waals surface area contributed by atoms with E-state index in [-0.39, 0.29) is 6.61 Å². The highest BCUT2D eigenvalue weighted by molar-refractivity contribution is 6.10. The summed E-state index contributed by atoms with van der Waals surface area (Å²) >= 11 is 0. The molecule has 0 saturated carbocycles. The van der Waals surface area contributed by atoms with E-state index in [0.717, 1.165) is 33.3 Å². The van der Waals surface area contributed by atoms with Gasteiger partial charge in [0, 0.05) is 29.4 Å². The summed E-state index contributed by atoms with van der Waals surface area (Å²) < 4.78 is 11.6. The molecule has 5 nitrogen and oxygen atoms in total. The van der Waals surface area contributed by atoms with Crippen LogP contribution in [0.4, 0.5) is 0 Å². The number of ether oxygens (including phenoxy) is 2. The fraction of sp³-hybridized carbons (Fsp3) is 0.250. The zero-order valence-corrected chi connectivity index (χ0v) is 16.5. The number of hydrogen-bond acceptors (Lipinski definition) is 4. The molecule has 1 unspecified atom stereocenters. The lowest BCUT2D eigenvalue weighted by atomic mass is 10.1. The highest BCUT2D eigenvalue weighted by Gasteiger charge is 2.11. The van der Waals surface area contributed by atoms with Gasteiger partial charge in [0.15, 0.2) is 0 Å². The van der Waals surface area contributed by atoms with E-state index in [1.165, 1.54) is 5.56 Å². The molecule has 0 spiro atoms. The molecule has 0 aliphatic rings. The first kappa shape index (κ1) is 19.3. The maximum Gasteiger partial charge on any atom is 0.129 e. The van der Waals surface area contributed by atoms with Gasteiger partial charge in [-0.2, -0.15) is 0 Å². The molecule has 0 fully saturated rings. The number of H-pyrrole nitrogens is 1. The molecule has 1 atom stereocenters. The topological polar surface area (TPSA) is 66.5 Å². The Morgan fingerprint density at radius 1 is 0.931 bits per heavy atom. The molecule has 5 heteroatoms. The number of aliphatic hydroxyl groups excluding tert-OH is 1. The zero-order valence-electron chi connectivity index (χ0n) is 16.5. The lowest BCUT2D eigenvalue weighted by Crippen LogP contribution is -2.33. The van der Waals surface area contributed by atoms with Gasteiger partial charge in [-0.05, 0) is 37.3 Å². The lowest BCUT2D eigenvalue weighted by Gasteiger charge is -2.14. The maximum absolute atomic E-state index is 10.3. The predicted molar refractivity (Wildman–Crippen MR) is 117 cm³/mol. The van der Waals surface area contributed by atoms with Crippen molar-refractivity contribution in [1.29, 1.82) is 0 Å². The molecule has 0 saturated heterocycles. The first-order valence-electron chi connectivity index (χ1n) is 9.91. The number of nitrogens with one attached hydrogen (secondary N) is 2. The van der Waals surface area contributed by atoms with Gasteiger partial charge in [0.05, 0.1) is 5.52 Å². The number of fused-ring (bicyclic) bond motifs is 3. The van der Waals surface area contributed by atoms with Gasteiger partial charge < -0.3 is 24.9 Å². The Morgan fingerprint density at radius 3 is 2.59 bits per heavy atom. The average Bonchev–Trinajstić information content (AvgIpc) is 3.12. The average molecular weight is 390 g/mol. The Kier molecular flexibility index (Phi) is 5.98. The van der Waals surface area contributed by atoms with Crippen molar-refractivity contribution in [3.05, 3.63) is 72.3 Å². The van der Waals surface area contributed by atoms with Crippen LogP contribution in [0.1, 0.15) is 5.56 Å². The molecule has 1 aromatic heterocycles. The Labute approximate surface area is 170 Å². The number of aromatic nitrogens is 1. The number of rotatable bonds is 9. The summed E-state index contributed by atoms with van der Waals surface area (Å²) in [6, 6.07) is 22.1. The Balaban J connectivity index is 1.25. The van der Waals surface area contributed by atoms with Gasteiger partial charge in [0.25, 0.3) is 0 Å². The molecule has 4 aromatic rings. The standard InChI is InChI=1S/C24H26N2O3/c1-17-9-11-19(12-10-17)28-14-13-25-15-18(27)16-29-23-8-4-7-22-24(23)20-5-2-3-6-21(20)26-22/h2-12,18,25-27H,13-16H2,1H3. The monoisotopic (exact) mass is 390 g/mol. The van der Waals surface area contributed by atoms with Crippen LogP contribution >= 0.6 is 0 Å². The molecule has 0 radical (unpaired) electrons. The van der Waals surface area contributed by atoms with Gasteiger partial charge in [0.1, 0.15) is 30.8 Å². The number of para-hydroxylation sites is 1. The smallest absolute Gasteiger partial charge is 0.129 e. The highest BCUT2D eigenvalue weighted by atomic mass is 16.5. The first-order chi connectivity index (χ1) is 14.2. The van der Waals surface area contributed by atoms with E-state index in [0.29, 0.717) is 19.7 Å². The summed E-state index contributed by atoms with van der Waals surface area (Å²) in [5, 5.41) is 15.6. The van der Waals surface area contributed by atoms with E-state index in [4.69, 9.17) is 9.47 Å². The van der Waals surface area contributed by atoms with Crippen LogP contribution in [0.2, 0.25) is 0 Å². The van der Waals surface area contributed by atoms with E-state index >= 15 is 0 Å². The largest absolute Gasteiger partial charge is 0.492 e. The second-order valence-corrected chi connectivity index (χ2v) is 7.18. The third-order valence-corrected chi connectivity index (χ3v) is 4.87. The molecular weight excluding hydrogens is 364 g/mol. The van der Waals surface area contributed by atoms with Crippen LogP contribution in [0.15, 0.2) is 66.7 Å². The van der Waals surface area contributed by atoms with Crippen LogP contribution in [-0.2, 0) is 0 Å². The minimum atomic E-state index is -0.602. The van der Waals surface area contributed by atoms with E-state index < -0.39 is 6.10 Å². The first-order valence-corrected chi connectivity index (χ1v) is 9.91. The van der Waals surface area contributed by atoms with Crippen molar-refractivity contribution in [3.63, 3.8) is 0 Å². The summed E-state index contributed by atoms with van der Waals surface area (Å²) in [4.78, 5) is 3.40. The molecule has 29 heavy (non-hydrogen) atoms. The lowest BCUT2D eigenvalue weighted by molar-refractivity contribution is 0.106. The maximum atomic E-state index is 10.3. The molecule has 3 N–H and O–H groups in total. The zero-order chi connectivity index (χ0) is 20.1. The summed E-state index contributed by atoms with van der Waals surface area (Å²) in [6.07, 6.45) is -0.602. The third-order valence-electron chi connectivity index (χ3n) is 4.87. The molecule has 3 aromatic carbocycles. The van der Waals surface area contributed by atoms with Crippen molar-refractivity contribution < 1.29 is 14.6 Å². The summed E-state index contributed by atoms with van der Waals surface area (Å²) in [5.41, 5.74) is 3.32. The van der Waals surface area contributed by atoms with Crippen molar-refractivity contribution in [3.8, 4) is 11.5 Å². The molecular formula is C24H26N2O3. The number of aryl methyl sites for hydroxylation is 1. The van der Waals surface area contributed by atoms with Crippen molar-refractivity contribution in [2.75, 3.05) is 26.3 Å². The Morgan fingerprint density at radius 2 is 1.72 bits per heavy atom. The van der Waals surface area contributed by atoms with Crippen LogP contribution in [0, 0.1) is 6.92 Å². The van der Waals surface area contributed by atoms with Crippen LogP contribution in [0.5, 0.6) is 11.5 Å². The molecule has 0 bridgehead atoms. The number of aromatic amines is 1. The predicted octanol–water partition coefficient (Wildman–Crippen LogP) is 4.04. The van der Waals surface area contributed by atoms with Crippen LogP contribution in [0.25, 0.3) is 21.8 Å². The van der Waals surface area contributed by atoms with Crippen molar-refractivity contribution in [2.24, 2.45) is 0 Å². The summed E-state index contributed by atoms with van der Waals surface area (Å²) in [5.74, 6) is 1.63. The fourth-order valence-electron chi connectivity index (χ4n) is 3.38. The summed E-state index contributed by atoms with van der Waals surface area (Å²) in [6.45, 7) is 3.92. The van der Waals surface area contributed by atoms with Crippen molar-refractivity contribution in [1.82, 2.24) is 10.3 Å². The van der Waals surface area contributed by atoms with Crippen LogP contribution in [-0.4, -0.2) is 42.5 Å². The molecule has 1 heterocycles. The Bertz CT molecular complexity index is 1070. The van der Waals surface area contributed by atoms with Gasteiger partial charge in [0.2, 0.25) is 0 Å². The number of aliphatic hydroxyl groups is 1. The van der Waals surface area contributed by atoms with E-state index in [2.05, 4.69) is 22.4 Å². The van der Waals surface area contributed by atoms with Gasteiger partial charge >= 0.3 is 0 Å². The third kappa shape index (κ3) is 4.70. The minimum absolute atomic E-state index is 0.227. The fourth-order valence-corrected chi connectivity index (χ4v) is 3.38. The molecule has 150 valence electrons. The van der Waals surface area contributed by atoms with Gasteiger partial charge in [-0.1, -0.05) is 42.0 Å². The van der Waals surface area contributed by atoms with E-state index in [1.54, 1.807) is 0 Å². The molecule has 4 rings (SSSR count). The van der Waals surface area contributed by atoms with Gasteiger partial charge in [-0.25, -0.2) is 0 Å². The van der Waals surface area contributed by atoms with E-state index in [9.17, 15) is 5.11 Å². The molecule has 0 amide bonds.